The third-order valence-electron chi connectivity index (χ3n) is 5.16. The first-order valence-corrected chi connectivity index (χ1v) is 10.7. The van der Waals surface area contributed by atoms with Crippen LogP contribution in [0.4, 0.5) is 0 Å². The molecule has 0 aliphatic rings. The van der Waals surface area contributed by atoms with E-state index in [-0.39, 0.29) is 17.9 Å². The van der Waals surface area contributed by atoms with Gasteiger partial charge in [0.25, 0.3) is 0 Å². The molecule has 31 heavy (non-hydrogen) atoms. The Balaban J connectivity index is 2.10. The predicted octanol–water partition coefficient (Wildman–Crippen LogP) is 3.62. The van der Waals surface area contributed by atoms with Crippen molar-refractivity contribution in [2.75, 3.05) is 20.8 Å². The van der Waals surface area contributed by atoms with Crippen LogP contribution < -0.4 is 14.8 Å². The topological polar surface area (TPSA) is 67.9 Å². The highest BCUT2D eigenvalue weighted by Gasteiger charge is 2.26. The lowest BCUT2D eigenvalue weighted by atomic mass is 10.1. The molecule has 2 aromatic rings. The molecular formula is C25H34N2O4. The fourth-order valence-corrected chi connectivity index (χ4v) is 3.41. The Morgan fingerprint density at radius 3 is 2.19 bits per heavy atom. The van der Waals surface area contributed by atoms with E-state index in [4.69, 9.17) is 9.47 Å². The van der Waals surface area contributed by atoms with Crippen molar-refractivity contribution in [2.45, 2.75) is 52.1 Å². The summed E-state index contributed by atoms with van der Waals surface area (Å²) in [7, 11) is 3.18. The zero-order valence-electron chi connectivity index (χ0n) is 19.2. The second kappa shape index (κ2) is 12.0. The van der Waals surface area contributed by atoms with E-state index in [2.05, 4.69) is 5.32 Å². The predicted molar refractivity (Wildman–Crippen MR) is 122 cm³/mol. The highest BCUT2D eigenvalue weighted by molar-refractivity contribution is 5.87. The van der Waals surface area contributed by atoms with Crippen LogP contribution >= 0.6 is 0 Å². The third-order valence-corrected chi connectivity index (χ3v) is 5.16. The lowest BCUT2D eigenvalue weighted by Crippen LogP contribution is -2.50. The van der Waals surface area contributed by atoms with E-state index in [0.29, 0.717) is 37.3 Å². The van der Waals surface area contributed by atoms with Crippen molar-refractivity contribution < 1.29 is 19.1 Å². The third kappa shape index (κ3) is 7.31. The molecule has 168 valence electrons. The Morgan fingerprint density at radius 2 is 1.58 bits per heavy atom. The maximum atomic E-state index is 13.1. The maximum Gasteiger partial charge on any atom is 0.242 e. The number of methoxy groups -OCH3 is 2. The van der Waals surface area contributed by atoms with Crippen molar-refractivity contribution >= 4 is 11.8 Å². The number of amides is 2. The minimum atomic E-state index is -0.538. The van der Waals surface area contributed by atoms with Crippen molar-refractivity contribution in [2.24, 2.45) is 0 Å². The molecule has 0 bridgehead atoms. The van der Waals surface area contributed by atoms with Crippen LogP contribution in [0.2, 0.25) is 0 Å². The van der Waals surface area contributed by atoms with Crippen LogP contribution in [0, 0.1) is 0 Å². The first-order chi connectivity index (χ1) is 14.8. The Morgan fingerprint density at radius 1 is 0.903 bits per heavy atom. The van der Waals surface area contributed by atoms with Crippen LogP contribution in [0.5, 0.6) is 11.5 Å². The number of ether oxygens (including phenoxy) is 2. The SMILES string of the molecule is COc1ccc(CCC(=O)N(CCc2ccccc2)[C@@H](C)C(=O)NC(C)C)cc1OC. The molecule has 2 rings (SSSR count). The zero-order valence-corrected chi connectivity index (χ0v) is 19.2. The number of benzene rings is 2. The highest BCUT2D eigenvalue weighted by atomic mass is 16.5. The maximum absolute atomic E-state index is 13.1. The van der Waals surface area contributed by atoms with Gasteiger partial charge in [-0.3, -0.25) is 9.59 Å². The summed E-state index contributed by atoms with van der Waals surface area (Å²) in [4.78, 5) is 27.4. The van der Waals surface area contributed by atoms with Gasteiger partial charge < -0.3 is 19.7 Å². The van der Waals surface area contributed by atoms with Gasteiger partial charge in [-0.2, -0.15) is 0 Å². The number of rotatable bonds is 11. The molecule has 0 aromatic heterocycles. The van der Waals surface area contributed by atoms with Crippen LogP contribution in [-0.2, 0) is 22.4 Å². The number of carbonyl (C=O) groups is 2. The van der Waals surface area contributed by atoms with E-state index in [9.17, 15) is 9.59 Å². The number of carbonyl (C=O) groups excluding carboxylic acids is 2. The van der Waals surface area contributed by atoms with Gasteiger partial charge in [-0.05, 0) is 56.9 Å². The Labute approximate surface area is 185 Å². The van der Waals surface area contributed by atoms with Gasteiger partial charge >= 0.3 is 0 Å². The molecule has 0 fully saturated rings. The lowest BCUT2D eigenvalue weighted by Gasteiger charge is -2.29. The van der Waals surface area contributed by atoms with Crippen molar-refractivity contribution in [3.05, 3.63) is 59.7 Å². The van der Waals surface area contributed by atoms with Crippen LogP contribution in [0.25, 0.3) is 0 Å². The number of hydrogen-bond acceptors (Lipinski definition) is 4. The smallest absolute Gasteiger partial charge is 0.242 e. The molecule has 1 N–H and O–H groups in total. The number of aryl methyl sites for hydroxylation is 1. The molecule has 0 aliphatic carbocycles. The number of hydrogen-bond donors (Lipinski definition) is 1. The van der Waals surface area contributed by atoms with E-state index < -0.39 is 6.04 Å². The molecule has 0 saturated carbocycles. The summed E-state index contributed by atoms with van der Waals surface area (Å²) in [6.45, 7) is 6.11. The zero-order chi connectivity index (χ0) is 22.8. The van der Waals surface area contributed by atoms with E-state index in [1.807, 2.05) is 62.4 Å². The Kier molecular flexibility index (Phi) is 9.38. The summed E-state index contributed by atoms with van der Waals surface area (Å²) in [5.41, 5.74) is 2.12. The average molecular weight is 427 g/mol. The molecule has 6 heteroatoms. The van der Waals surface area contributed by atoms with Crippen molar-refractivity contribution in [1.82, 2.24) is 10.2 Å². The Hall–Kier alpha value is -3.02. The molecule has 0 unspecified atom stereocenters. The molecule has 0 spiro atoms. The van der Waals surface area contributed by atoms with E-state index in [1.165, 1.54) is 0 Å². The largest absolute Gasteiger partial charge is 0.493 e. The molecule has 0 radical (unpaired) electrons. The van der Waals surface area contributed by atoms with Gasteiger partial charge in [0, 0.05) is 19.0 Å². The standard InChI is InChI=1S/C25H34N2O4/c1-18(2)26-25(29)19(3)27(16-15-20-9-7-6-8-10-20)24(28)14-12-21-11-13-22(30-4)23(17-21)31-5/h6-11,13,17-19H,12,14-16H2,1-5H3,(H,26,29)/t19-/m0/s1. The molecule has 0 saturated heterocycles. The second-order valence-corrected chi connectivity index (χ2v) is 7.85. The van der Waals surface area contributed by atoms with Crippen LogP contribution in [0.15, 0.2) is 48.5 Å². The summed E-state index contributed by atoms with van der Waals surface area (Å²) < 4.78 is 10.6. The van der Waals surface area contributed by atoms with Gasteiger partial charge in [-0.15, -0.1) is 0 Å². The van der Waals surface area contributed by atoms with E-state index in [1.54, 1.807) is 26.0 Å². The molecule has 2 aromatic carbocycles. The summed E-state index contributed by atoms with van der Waals surface area (Å²) in [6, 6.07) is 15.1. The summed E-state index contributed by atoms with van der Waals surface area (Å²) in [5.74, 6) is 1.11. The van der Waals surface area contributed by atoms with Gasteiger partial charge in [-0.1, -0.05) is 36.4 Å². The van der Waals surface area contributed by atoms with Crippen LogP contribution in [-0.4, -0.2) is 49.6 Å². The summed E-state index contributed by atoms with van der Waals surface area (Å²) >= 11 is 0. The molecular weight excluding hydrogens is 392 g/mol. The monoisotopic (exact) mass is 426 g/mol. The van der Waals surface area contributed by atoms with Crippen molar-refractivity contribution in [3.63, 3.8) is 0 Å². The normalized spacial score (nSPS) is 11.7. The second-order valence-electron chi connectivity index (χ2n) is 7.85. The van der Waals surface area contributed by atoms with Gasteiger partial charge in [0.1, 0.15) is 6.04 Å². The van der Waals surface area contributed by atoms with Gasteiger partial charge in [0.2, 0.25) is 11.8 Å². The van der Waals surface area contributed by atoms with Gasteiger partial charge in [-0.25, -0.2) is 0 Å². The first-order valence-electron chi connectivity index (χ1n) is 10.7. The van der Waals surface area contributed by atoms with Crippen molar-refractivity contribution in [1.29, 1.82) is 0 Å². The summed E-state index contributed by atoms with van der Waals surface area (Å²) in [6.07, 6.45) is 1.56. The fraction of sp³-hybridized carbons (Fsp3) is 0.440. The van der Waals surface area contributed by atoms with Crippen LogP contribution in [0.1, 0.15) is 38.3 Å². The highest BCUT2D eigenvalue weighted by Crippen LogP contribution is 2.28. The summed E-state index contributed by atoms with van der Waals surface area (Å²) in [5, 5.41) is 2.91. The van der Waals surface area contributed by atoms with Gasteiger partial charge in [0.15, 0.2) is 11.5 Å². The number of nitrogens with one attached hydrogen (secondary N) is 1. The molecule has 2 amide bonds. The average Bonchev–Trinajstić information content (AvgIpc) is 2.77. The molecule has 1 atom stereocenters. The lowest BCUT2D eigenvalue weighted by molar-refractivity contribution is -0.140. The minimum absolute atomic E-state index is 0.0211. The Bertz CT molecular complexity index is 852. The molecule has 0 heterocycles. The van der Waals surface area contributed by atoms with Gasteiger partial charge in [0.05, 0.1) is 14.2 Å². The quantitative estimate of drug-likeness (QED) is 0.596. The molecule has 0 aliphatic heterocycles. The number of nitrogens with zero attached hydrogens (tertiary/aromatic N) is 1. The van der Waals surface area contributed by atoms with E-state index in [0.717, 1.165) is 11.1 Å². The van der Waals surface area contributed by atoms with Crippen LogP contribution in [0.3, 0.4) is 0 Å². The first kappa shape index (κ1) is 24.3. The van der Waals surface area contributed by atoms with E-state index >= 15 is 0 Å². The molecule has 6 nitrogen and oxygen atoms in total. The fourth-order valence-electron chi connectivity index (χ4n) is 3.41. The minimum Gasteiger partial charge on any atom is -0.493 e. The van der Waals surface area contributed by atoms with Crippen molar-refractivity contribution in [3.8, 4) is 11.5 Å².